The van der Waals surface area contributed by atoms with E-state index >= 15 is 0 Å². The predicted octanol–water partition coefficient (Wildman–Crippen LogP) is 0.942. The third kappa shape index (κ3) is 3.04. The minimum Gasteiger partial charge on any atom is -0.497 e. The Morgan fingerprint density at radius 3 is 2.58 bits per heavy atom. The highest BCUT2D eigenvalue weighted by molar-refractivity contribution is 7.17. The molecule has 0 amide bonds. The van der Waals surface area contributed by atoms with E-state index in [1.165, 1.54) is 20.8 Å². The molecule has 1 aliphatic rings. The van der Waals surface area contributed by atoms with Crippen LogP contribution in [-0.4, -0.2) is 51.1 Å². The van der Waals surface area contributed by atoms with Gasteiger partial charge in [0.15, 0.2) is 6.04 Å². The average Bonchev–Trinajstić information content (AvgIpc) is 3.15. The maximum absolute atomic E-state index is 10.8. The van der Waals surface area contributed by atoms with Crippen molar-refractivity contribution in [2.75, 3.05) is 20.2 Å². The molecule has 0 bridgehead atoms. The van der Waals surface area contributed by atoms with Crippen LogP contribution in [0.3, 0.4) is 0 Å². The second kappa shape index (κ2) is 6.86. The van der Waals surface area contributed by atoms with Crippen molar-refractivity contribution in [3.63, 3.8) is 0 Å². The number of thiazole rings is 1. The lowest BCUT2D eigenvalue weighted by molar-refractivity contribution is -0.931. The fraction of sp³-hybridized carbons (Fsp3) is 0.444. The van der Waals surface area contributed by atoms with Crippen molar-refractivity contribution in [1.29, 1.82) is 0 Å². The Morgan fingerprint density at radius 2 is 1.96 bits per heavy atom. The first-order valence-electron chi connectivity index (χ1n) is 8.78. The molecule has 1 fully saturated rings. The summed E-state index contributed by atoms with van der Waals surface area (Å²) in [4.78, 5) is 7.28. The van der Waals surface area contributed by atoms with E-state index in [0.717, 1.165) is 42.1 Å². The van der Waals surface area contributed by atoms with Crippen molar-refractivity contribution in [3.05, 3.63) is 40.5 Å². The summed E-state index contributed by atoms with van der Waals surface area (Å²) < 4.78 is 6.79. The van der Waals surface area contributed by atoms with Gasteiger partial charge in [-0.25, -0.2) is 4.98 Å². The summed E-state index contributed by atoms with van der Waals surface area (Å²) in [5, 5.41) is 25.0. The molecule has 3 aromatic rings. The van der Waals surface area contributed by atoms with Gasteiger partial charge in [0, 0.05) is 18.4 Å². The van der Waals surface area contributed by atoms with E-state index in [-0.39, 0.29) is 18.0 Å². The molecule has 1 saturated heterocycles. The highest BCUT2D eigenvalue weighted by atomic mass is 32.1. The number of aliphatic hydroxyl groups excluding tert-OH is 1. The Labute approximate surface area is 155 Å². The van der Waals surface area contributed by atoms with Crippen molar-refractivity contribution < 1.29 is 19.8 Å². The van der Waals surface area contributed by atoms with Crippen LogP contribution in [0.15, 0.2) is 24.3 Å². The normalized spacial score (nSPS) is 21.8. The van der Waals surface area contributed by atoms with Crippen LogP contribution in [0.1, 0.15) is 35.1 Å². The van der Waals surface area contributed by atoms with Gasteiger partial charge < -0.3 is 19.8 Å². The topological polar surface area (TPSA) is 84.3 Å². The van der Waals surface area contributed by atoms with Gasteiger partial charge in [-0.1, -0.05) is 11.3 Å². The molecule has 1 aliphatic heterocycles. The summed E-state index contributed by atoms with van der Waals surface area (Å²) in [5.41, 5.74) is 1.11. The number of rotatable bonds is 4. The van der Waals surface area contributed by atoms with Crippen LogP contribution in [0, 0.1) is 6.92 Å². The standard InChI is InChI=1S/C18H22N4O3S/c1-11-19-18-22(20-11)17(24)16(26-18)15(21-9-7-13(23)8-10-21)12-3-5-14(25-2)6-4-12/h3-6,13,15,23-24H,7-10H2,1-2H3/p+1/t15-/m0/s1. The van der Waals surface area contributed by atoms with E-state index in [0.29, 0.717) is 10.8 Å². The van der Waals surface area contributed by atoms with Crippen LogP contribution in [0.4, 0.5) is 0 Å². The number of nitrogens with one attached hydrogen (secondary N) is 1. The van der Waals surface area contributed by atoms with Crippen molar-refractivity contribution in [2.24, 2.45) is 0 Å². The lowest BCUT2D eigenvalue weighted by atomic mass is 9.99. The molecule has 3 heterocycles. The molecule has 26 heavy (non-hydrogen) atoms. The van der Waals surface area contributed by atoms with Gasteiger partial charge in [0.2, 0.25) is 10.8 Å². The Hall–Kier alpha value is -2.16. The molecule has 138 valence electrons. The molecule has 2 aromatic heterocycles. The zero-order valence-corrected chi connectivity index (χ0v) is 15.7. The van der Waals surface area contributed by atoms with Crippen LogP contribution < -0.4 is 9.64 Å². The van der Waals surface area contributed by atoms with Crippen molar-refractivity contribution >= 4 is 16.3 Å². The number of benzene rings is 1. The maximum Gasteiger partial charge on any atom is 0.235 e. The highest BCUT2D eigenvalue weighted by Gasteiger charge is 2.35. The SMILES string of the molecule is COc1ccc([C@@H](c2sc3nc(C)nn3c2O)[NH+]2CCC(O)CC2)cc1. The van der Waals surface area contributed by atoms with Crippen LogP contribution in [-0.2, 0) is 0 Å². The Morgan fingerprint density at radius 1 is 1.27 bits per heavy atom. The fourth-order valence-electron chi connectivity index (χ4n) is 3.67. The summed E-state index contributed by atoms with van der Waals surface area (Å²) >= 11 is 1.48. The molecule has 0 unspecified atom stereocenters. The molecular weight excluding hydrogens is 352 g/mol. The minimum atomic E-state index is -0.228. The average molecular weight is 375 g/mol. The summed E-state index contributed by atoms with van der Waals surface area (Å²) in [5.74, 6) is 1.61. The lowest BCUT2D eigenvalue weighted by Gasteiger charge is -2.33. The van der Waals surface area contributed by atoms with E-state index in [9.17, 15) is 10.2 Å². The molecule has 1 aromatic carbocycles. The van der Waals surface area contributed by atoms with Crippen molar-refractivity contribution in [3.8, 4) is 11.6 Å². The van der Waals surface area contributed by atoms with Gasteiger partial charge in [-0.2, -0.15) is 4.52 Å². The largest absolute Gasteiger partial charge is 0.497 e. The van der Waals surface area contributed by atoms with Gasteiger partial charge in [0.1, 0.15) is 16.5 Å². The smallest absolute Gasteiger partial charge is 0.235 e. The molecule has 0 aliphatic carbocycles. The minimum absolute atomic E-state index is 0.0257. The molecule has 0 saturated carbocycles. The number of likely N-dealkylation sites (tertiary alicyclic amines) is 1. The molecule has 4 rings (SSSR count). The lowest BCUT2D eigenvalue weighted by Crippen LogP contribution is -3.13. The molecule has 1 atom stereocenters. The Bertz CT molecular complexity index is 897. The monoisotopic (exact) mass is 375 g/mol. The molecule has 0 radical (unpaired) electrons. The van der Waals surface area contributed by atoms with Crippen LogP contribution in [0.5, 0.6) is 11.6 Å². The van der Waals surface area contributed by atoms with E-state index in [2.05, 4.69) is 10.1 Å². The molecule has 0 spiro atoms. The van der Waals surface area contributed by atoms with Crippen LogP contribution in [0.2, 0.25) is 0 Å². The summed E-state index contributed by atoms with van der Waals surface area (Å²) in [6, 6.07) is 7.95. The number of nitrogens with zero attached hydrogens (tertiary/aromatic N) is 3. The van der Waals surface area contributed by atoms with Gasteiger partial charge in [0.25, 0.3) is 0 Å². The number of ether oxygens (including phenoxy) is 1. The summed E-state index contributed by atoms with van der Waals surface area (Å²) in [7, 11) is 1.65. The van der Waals surface area contributed by atoms with Gasteiger partial charge in [-0.3, -0.25) is 0 Å². The number of aromatic hydroxyl groups is 1. The molecular formula is C18H23N4O3S+. The number of fused-ring (bicyclic) bond motifs is 1. The fourth-order valence-corrected chi connectivity index (χ4v) is 4.85. The van der Waals surface area contributed by atoms with Crippen LogP contribution in [0.25, 0.3) is 4.96 Å². The number of aryl methyl sites for hydroxylation is 1. The van der Waals surface area contributed by atoms with E-state index in [1.54, 1.807) is 7.11 Å². The second-order valence-electron chi connectivity index (χ2n) is 6.74. The van der Waals surface area contributed by atoms with Gasteiger partial charge in [0.05, 0.1) is 26.3 Å². The van der Waals surface area contributed by atoms with Gasteiger partial charge >= 0.3 is 0 Å². The highest BCUT2D eigenvalue weighted by Crippen LogP contribution is 2.35. The molecule has 8 heteroatoms. The first-order chi connectivity index (χ1) is 12.6. The third-order valence-corrected chi connectivity index (χ3v) is 6.11. The number of quaternary nitrogens is 1. The first-order valence-corrected chi connectivity index (χ1v) is 9.60. The van der Waals surface area contributed by atoms with E-state index in [4.69, 9.17) is 4.74 Å². The van der Waals surface area contributed by atoms with Crippen LogP contribution >= 0.6 is 11.3 Å². The number of hydrogen-bond donors (Lipinski definition) is 3. The summed E-state index contributed by atoms with van der Waals surface area (Å²) in [6.07, 6.45) is 1.31. The van der Waals surface area contributed by atoms with E-state index in [1.807, 2.05) is 31.2 Å². The Balaban J connectivity index is 1.77. The van der Waals surface area contributed by atoms with Crippen molar-refractivity contribution in [1.82, 2.24) is 14.6 Å². The summed E-state index contributed by atoms with van der Waals surface area (Å²) in [6.45, 7) is 3.52. The maximum atomic E-state index is 10.8. The number of aromatic nitrogens is 3. The third-order valence-electron chi connectivity index (χ3n) is 5.02. The number of aliphatic hydroxyl groups is 1. The zero-order valence-electron chi connectivity index (χ0n) is 14.8. The number of methoxy groups -OCH3 is 1. The Kier molecular flexibility index (Phi) is 4.56. The quantitative estimate of drug-likeness (QED) is 0.632. The predicted molar refractivity (Wildman–Crippen MR) is 98.0 cm³/mol. The molecule has 7 nitrogen and oxygen atoms in total. The second-order valence-corrected chi connectivity index (χ2v) is 7.75. The number of piperidine rings is 1. The zero-order chi connectivity index (χ0) is 18.3. The van der Waals surface area contributed by atoms with Gasteiger partial charge in [-0.05, 0) is 31.2 Å². The van der Waals surface area contributed by atoms with Crippen molar-refractivity contribution in [2.45, 2.75) is 31.9 Å². The van der Waals surface area contributed by atoms with Gasteiger partial charge in [-0.15, -0.1) is 5.10 Å². The van der Waals surface area contributed by atoms with E-state index < -0.39 is 0 Å². The molecule has 3 N–H and O–H groups in total. The number of hydrogen-bond acceptors (Lipinski definition) is 6. The first kappa shape index (κ1) is 17.3.